The van der Waals surface area contributed by atoms with E-state index >= 15 is 0 Å². The zero-order chi connectivity index (χ0) is 13.3. The van der Waals surface area contributed by atoms with Crippen LogP contribution in [0.15, 0.2) is 22.6 Å². The molecule has 2 nitrogen and oxygen atoms in total. The van der Waals surface area contributed by atoms with E-state index in [0.29, 0.717) is 18.4 Å². The highest BCUT2D eigenvalue weighted by Gasteiger charge is 2.17. The molecule has 1 heterocycles. The lowest BCUT2D eigenvalue weighted by Crippen LogP contribution is -2.01. The van der Waals surface area contributed by atoms with Crippen molar-refractivity contribution in [1.29, 1.82) is 0 Å². The first-order valence-corrected chi connectivity index (χ1v) is 6.77. The predicted octanol–water partition coefficient (Wildman–Crippen LogP) is 4.21. The van der Waals surface area contributed by atoms with Crippen LogP contribution in [0.1, 0.15) is 50.5 Å². The zero-order valence-electron chi connectivity index (χ0n) is 11.8. The maximum absolute atomic E-state index is 6.02. The maximum atomic E-state index is 6.02. The van der Waals surface area contributed by atoms with E-state index in [4.69, 9.17) is 10.2 Å². The van der Waals surface area contributed by atoms with E-state index in [1.807, 2.05) is 0 Å². The summed E-state index contributed by atoms with van der Waals surface area (Å²) in [6.45, 7) is 9.33. The van der Waals surface area contributed by atoms with E-state index < -0.39 is 0 Å². The Kier molecular flexibility index (Phi) is 3.76. The molecule has 0 bridgehead atoms. The third-order valence-electron chi connectivity index (χ3n) is 3.35. The monoisotopic (exact) mass is 245 g/mol. The maximum Gasteiger partial charge on any atom is 0.138 e. The van der Waals surface area contributed by atoms with Gasteiger partial charge < -0.3 is 10.2 Å². The Hall–Kier alpha value is -1.28. The third-order valence-corrected chi connectivity index (χ3v) is 3.35. The van der Waals surface area contributed by atoms with Crippen LogP contribution < -0.4 is 5.73 Å². The predicted molar refractivity (Wildman–Crippen MR) is 76.7 cm³/mol. The van der Waals surface area contributed by atoms with E-state index in [9.17, 15) is 0 Å². The molecule has 0 fully saturated rings. The van der Waals surface area contributed by atoms with E-state index in [-0.39, 0.29) is 0 Å². The lowest BCUT2D eigenvalue weighted by atomic mass is 9.96. The molecule has 0 spiro atoms. The molecule has 0 aliphatic heterocycles. The number of hydrogen-bond acceptors (Lipinski definition) is 2. The second-order valence-electron chi connectivity index (χ2n) is 5.68. The number of fused-ring (bicyclic) bond motifs is 1. The quantitative estimate of drug-likeness (QED) is 0.876. The van der Waals surface area contributed by atoms with Gasteiger partial charge in [0.05, 0.1) is 6.54 Å². The molecule has 2 aromatic rings. The molecule has 0 aliphatic rings. The van der Waals surface area contributed by atoms with Crippen molar-refractivity contribution in [3.8, 4) is 0 Å². The van der Waals surface area contributed by atoms with Crippen LogP contribution in [0, 0.1) is 5.92 Å². The van der Waals surface area contributed by atoms with Crippen LogP contribution in [-0.2, 0) is 13.0 Å². The molecule has 98 valence electrons. The van der Waals surface area contributed by atoms with Gasteiger partial charge in [-0.1, -0.05) is 45.9 Å². The Morgan fingerprint density at radius 2 is 1.89 bits per heavy atom. The van der Waals surface area contributed by atoms with Crippen molar-refractivity contribution in [2.45, 2.75) is 46.6 Å². The lowest BCUT2D eigenvalue weighted by molar-refractivity contribution is 0.531. The fourth-order valence-electron chi connectivity index (χ4n) is 2.49. The Balaban J connectivity index is 2.65. The second-order valence-corrected chi connectivity index (χ2v) is 5.68. The molecule has 0 aliphatic carbocycles. The molecule has 2 heteroatoms. The van der Waals surface area contributed by atoms with E-state index in [1.165, 1.54) is 16.5 Å². The molecule has 0 saturated heterocycles. The van der Waals surface area contributed by atoms with Crippen molar-refractivity contribution >= 4 is 11.0 Å². The van der Waals surface area contributed by atoms with Crippen molar-refractivity contribution in [2.75, 3.05) is 0 Å². The van der Waals surface area contributed by atoms with Gasteiger partial charge in [0.2, 0.25) is 0 Å². The number of para-hydroxylation sites is 1. The normalized spacial score (nSPS) is 11.9. The zero-order valence-corrected chi connectivity index (χ0v) is 11.8. The van der Waals surface area contributed by atoms with Crippen LogP contribution in [-0.4, -0.2) is 0 Å². The summed E-state index contributed by atoms with van der Waals surface area (Å²) in [4.78, 5) is 0. The van der Waals surface area contributed by atoms with Crippen molar-refractivity contribution < 1.29 is 4.42 Å². The molecule has 0 amide bonds. The average Bonchev–Trinajstić information content (AvgIpc) is 2.66. The number of furan rings is 1. The fraction of sp³-hybridized carbons (Fsp3) is 0.500. The fourth-order valence-corrected chi connectivity index (χ4v) is 2.49. The summed E-state index contributed by atoms with van der Waals surface area (Å²) in [7, 11) is 0. The van der Waals surface area contributed by atoms with Crippen molar-refractivity contribution in [1.82, 2.24) is 0 Å². The first-order chi connectivity index (χ1) is 8.54. The van der Waals surface area contributed by atoms with Crippen LogP contribution in [0.25, 0.3) is 11.0 Å². The van der Waals surface area contributed by atoms with Gasteiger partial charge in [0.15, 0.2) is 0 Å². The Bertz CT molecular complexity index is 537. The van der Waals surface area contributed by atoms with Gasteiger partial charge in [0.25, 0.3) is 0 Å². The SMILES string of the molecule is CC(C)Cc1c(CN)oc2c(C(C)C)cccc12. The van der Waals surface area contributed by atoms with Gasteiger partial charge in [-0.2, -0.15) is 0 Å². The standard InChI is InChI=1S/C16H23NO/c1-10(2)8-14-13-7-5-6-12(11(3)4)16(13)18-15(14)9-17/h5-7,10-11H,8-9,17H2,1-4H3. The van der Waals surface area contributed by atoms with Gasteiger partial charge >= 0.3 is 0 Å². The molecular formula is C16H23NO. The Labute approximate surface area is 109 Å². The number of benzene rings is 1. The largest absolute Gasteiger partial charge is 0.459 e. The topological polar surface area (TPSA) is 39.2 Å². The summed E-state index contributed by atoms with van der Waals surface area (Å²) in [5.74, 6) is 2.03. The minimum atomic E-state index is 0.470. The lowest BCUT2D eigenvalue weighted by Gasteiger charge is -2.06. The van der Waals surface area contributed by atoms with Crippen molar-refractivity contribution in [3.05, 3.63) is 35.1 Å². The van der Waals surface area contributed by atoms with Gasteiger partial charge in [-0.15, -0.1) is 0 Å². The minimum Gasteiger partial charge on any atom is -0.459 e. The van der Waals surface area contributed by atoms with Crippen molar-refractivity contribution in [2.24, 2.45) is 11.7 Å². The van der Waals surface area contributed by atoms with Crippen LogP contribution in [0.2, 0.25) is 0 Å². The number of nitrogens with two attached hydrogens (primary N) is 1. The van der Waals surface area contributed by atoms with Gasteiger partial charge in [-0.05, 0) is 23.8 Å². The van der Waals surface area contributed by atoms with Gasteiger partial charge in [-0.25, -0.2) is 0 Å². The molecule has 0 saturated carbocycles. The summed E-state index contributed by atoms with van der Waals surface area (Å²) in [5.41, 5.74) is 9.43. The van der Waals surface area contributed by atoms with E-state index in [0.717, 1.165) is 17.8 Å². The van der Waals surface area contributed by atoms with Gasteiger partial charge in [-0.3, -0.25) is 0 Å². The minimum absolute atomic E-state index is 0.470. The summed E-state index contributed by atoms with van der Waals surface area (Å²) >= 11 is 0. The Morgan fingerprint density at radius 3 is 2.44 bits per heavy atom. The van der Waals surface area contributed by atoms with E-state index in [1.54, 1.807) is 0 Å². The number of rotatable bonds is 4. The molecule has 18 heavy (non-hydrogen) atoms. The first kappa shape index (κ1) is 13.2. The summed E-state index contributed by atoms with van der Waals surface area (Å²) < 4.78 is 6.02. The van der Waals surface area contributed by atoms with Crippen LogP contribution in [0.3, 0.4) is 0 Å². The second kappa shape index (κ2) is 5.15. The highest BCUT2D eigenvalue weighted by molar-refractivity contribution is 5.85. The van der Waals surface area contributed by atoms with Crippen LogP contribution in [0.4, 0.5) is 0 Å². The summed E-state index contributed by atoms with van der Waals surface area (Å²) in [6, 6.07) is 6.43. The van der Waals surface area contributed by atoms with E-state index in [2.05, 4.69) is 45.9 Å². The summed E-state index contributed by atoms with van der Waals surface area (Å²) in [6.07, 6.45) is 1.03. The molecule has 2 rings (SSSR count). The molecule has 0 radical (unpaired) electrons. The smallest absolute Gasteiger partial charge is 0.138 e. The average molecular weight is 245 g/mol. The highest BCUT2D eigenvalue weighted by Crippen LogP contribution is 2.33. The van der Waals surface area contributed by atoms with Crippen LogP contribution in [0.5, 0.6) is 0 Å². The third kappa shape index (κ3) is 2.30. The molecule has 1 aromatic carbocycles. The van der Waals surface area contributed by atoms with Crippen molar-refractivity contribution in [3.63, 3.8) is 0 Å². The molecule has 0 atom stereocenters. The summed E-state index contributed by atoms with van der Waals surface area (Å²) in [5, 5.41) is 1.25. The highest BCUT2D eigenvalue weighted by atomic mass is 16.3. The number of hydrogen-bond donors (Lipinski definition) is 1. The van der Waals surface area contributed by atoms with Gasteiger partial charge in [0.1, 0.15) is 11.3 Å². The molecule has 1 aromatic heterocycles. The Morgan fingerprint density at radius 1 is 1.17 bits per heavy atom. The van der Waals surface area contributed by atoms with Crippen LogP contribution >= 0.6 is 0 Å². The first-order valence-electron chi connectivity index (χ1n) is 6.77. The molecule has 2 N–H and O–H groups in total. The van der Waals surface area contributed by atoms with Gasteiger partial charge in [0, 0.05) is 10.9 Å². The molecule has 0 unspecified atom stereocenters. The molecular weight excluding hydrogens is 222 g/mol.